The molecule has 0 spiro atoms. The van der Waals surface area contributed by atoms with Gasteiger partial charge in [-0.2, -0.15) is 0 Å². The van der Waals surface area contributed by atoms with Gasteiger partial charge in [-0.15, -0.1) is 0 Å². The van der Waals surface area contributed by atoms with Crippen LogP contribution in [0, 0.1) is 13.8 Å². The number of likely N-dealkylation sites (tertiary alicyclic amines) is 1. The van der Waals surface area contributed by atoms with Crippen LogP contribution in [0.5, 0.6) is 0 Å². The number of carbonyl (C=O) groups excluding carboxylic acids is 1. The Morgan fingerprint density at radius 2 is 1.93 bits per heavy atom. The molecule has 0 bridgehead atoms. The number of aromatic nitrogens is 2. The maximum Gasteiger partial charge on any atom is 0.257 e. The van der Waals surface area contributed by atoms with Crippen LogP contribution in [0.25, 0.3) is 0 Å². The molecule has 4 rings (SSSR count). The minimum absolute atomic E-state index is 0.0791. The largest absolute Gasteiger partial charge is 0.466 e. The highest BCUT2D eigenvalue weighted by Gasteiger charge is 2.28. The number of carbonyl (C=O) groups is 1. The molecule has 0 aliphatic carbocycles. The zero-order valence-corrected chi connectivity index (χ0v) is 15.9. The van der Waals surface area contributed by atoms with Crippen molar-refractivity contribution in [3.8, 4) is 0 Å². The van der Waals surface area contributed by atoms with E-state index in [1.54, 1.807) is 0 Å². The summed E-state index contributed by atoms with van der Waals surface area (Å²) in [5.41, 5.74) is 1.96. The van der Waals surface area contributed by atoms with Gasteiger partial charge < -0.3 is 13.9 Å². The monoisotopic (exact) mass is 363 g/mol. The summed E-state index contributed by atoms with van der Waals surface area (Å²) in [5, 5.41) is 0. The molecule has 1 saturated heterocycles. The van der Waals surface area contributed by atoms with Crippen molar-refractivity contribution >= 4 is 5.91 Å². The van der Waals surface area contributed by atoms with Crippen LogP contribution in [0.4, 0.5) is 0 Å². The number of hydrogen-bond acceptors (Lipinski definition) is 3. The molecule has 0 N–H and O–H groups in total. The molecule has 0 unspecified atom stereocenters. The molecule has 5 heteroatoms. The average Bonchev–Trinajstić information content (AvgIpc) is 3.28. The number of furan rings is 1. The van der Waals surface area contributed by atoms with Gasteiger partial charge in [0.25, 0.3) is 5.91 Å². The third-order valence-electron chi connectivity index (χ3n) is 5.36. The molecule has 27 heavy (non-hydrogen) atoms. The molecule has 140 valence electrons. The molecule has 1 aliphatic rings. The fraction of sp³-hybridized carbons (Fsp3) is 0.364. The van der Waals surface area contributed by atoms with Crippen molar-refractivity contribution in [1.82, 2.24) is 14.5 Å². The number of piperidine rings is 1. The lowest BCUT2D eigenvalue weighted by atomic mass is 9.95. The van der Waals surface area contributed by atoms with E-state index in [4.69, 9.17) is 4.42 Å². The summed E-state index contributed by atoms with van der Waals surface area (Å²) in [7, 11) is 0. The first kappa shape index (κ1) is 17.6. The number of aryl methyl sites for hydroxylation is 2. The first-order valence-corrected chi connectivity index (χ1v) is 9.53. The lowest BCUT2D eigenvalue weighted by Crippen LogP contribution is -2.38. The van der Waals surface area contributed by atoms with Crippen LogP contribution >= 0.6 is 0 Å². The Hall–Kier alpha value is -2.82. The number of imidazole rings is 1. The van der Waals surface area contributed by atoms with Crippen molar-refractivity contribution in [3.63, 3.8) is 0 Å². The fourth-order valence-electron chi connectivity index (χ4n) is 3.95. The summed E-state index contributed by atoms with van der Waals surface area (Å²) in [6, 6.07) is 12.3. The number of benzene rings is 1. The van der Waals surface area contributed by atoms with Gasteiger partial charge in [-0.3, -0.25) is 4.79 Å². The van der Waals surface area contributed by atoms with E-state index in [0.717, 1.165) is 44.1 Å². The van der Waals surface area contributed by atoms with E-state index in [9.17, 15) is 4.79 Å². The van der Waals surface area contributed by atoms with Gasteiger partial charge in [0.05, 0.1) is 5.56 Å². The minimum Gasteiger partial charge on any atom is -0.466 e. The molecule has 2 aromatic heterocycles. The van der Waals surface area contributed by atoms with E-state index >= 15 is 0 Å². The number of rotatable bonds is 4. The number of hydrogen-bond donors (Lipinski definition) is 0. The predicted molar refractivity (Wildman–Crippen MR) is 104 cm³/mol. The zero-order chi connectivity index (χ0) is 18.8. The summed E-state index contributed by atoms with van der Waals surface area (Å²) in [6.07, 6.45) is 5.81. The molecule has 3 heterocycles. The molecule has 5 nitrogen and oxygen atoms in total. The van der Waals surface area contributed by atoms with E-state index in [0.29, 0.717) is 17.2 Å². The third-order valence-corrected chi connectivity index (χ3v) is 5.36. The first-order chi connectivity index (χ1) is 13.1. The van der Waals surface area contributed by atoms with E-state index in [1.165, 1.54) is 5.56 Å². The molecular formula is C22H25N3O2. The lowest BCUT2D eigenvalue weighted by molar-refractivity contribution is 0.0708. The number of nitrogens with zero attached hydrogens (tertiary/aromatic N) is 3. The standard InChI is InChI=1S/C22H25N3O2/c1-16-14-20(17(2)27-16)22(26)24-11-8-19(9-12-24)21-23-10-13-25(21)15-18-6-4-3-5-7-18/h3-7,10,13-14,19H,8-9,11-12,15H2,1-2H3. The summed E-state index contributed by atoms with van der Waals surface area (Å²) < 4.78 is 7.76. The van der Waals surface area contributed by atoms with Gasteiger partial charge in [0, 0.05) is 37.9 Å². The second-order valence-corrected chi connectivity index (χ2v) is 7.29. The lowest BCUT2D eigenvalue weighted by Gasteiger charge is -2.32. The van der Waals surface area contributed by atoms with Crippen LogP contribution < -0.4 is 0 Å². The van der Waals surface area contributed by atoms with Gasteiger partial charge in [-0.1, -0.05) is 30.3 Å². The Balaban J connectivity index is 1.42. The van der Waals surface area contributed by atoms with E-state index in [-0.39, 0.29) is 5.91 Å². The van der Waals surface area contributed by atoms with Crippen LogP contribution in [0.2, 0.25) is 0 Å². The summed E-state index contributed by atoms with van der Waals surface area (Å²) >= 11 is 0. The smallest absolute Gasteiger partial charge is 0.257 e. The highest BCUT2D eigenvalue weighted by Crippen LogP contribution is 2.29. The van der Waals surface area contributed by atoms with Crippen molar-refractivity contribution < 1.29 is 9.21 Å². The van der Waals surface area contributed by atoms with Crippen LogP contribution in [0.15, 0.2) is 53.2 Å². The van der Waals surface area contributed by atoms with E-state index in [1.807, 2.05) is 37.1 Å². The second kappa shape index (κ2) is 7.43. The summed E-state index contributed by atoms with van der Waals surface area (Å²) in [5.74, 6) is 3.09. The maximum atomic E-state index is 12.8. The van der Waals surface area contributed by atoms with Crippen molar-refractivity contribution in [2.24, 2.45) is 0 Å². The Kier molecular flexibility index (Phi) is 4.84. The Bertz CT molecular complexity index is 918. The van der Waals surface area contributed by atoms with Crippen molar-refractivity contribution in [1.29, 1.82) is 0 Å². The molecular weight excluding hydrogens is 338 g/mol. The Morgan fingerprint density at radius 3 is 2.59 bits per heavy atom. The molecule has 1 aliphatic heterocycles. The molecule has 3 aromatic rings. The highest BCUT2D eigenvalue weighted by molar-refractivity contribution is 5.95. The van der Waals surface area contributed by atoms with Gasteiger partial charge in [0.2, 0.25) is 0 Å². The molecule has 1 aromatic carbocycles. The second-order valence-electron chi connectivity index (χ2n) is 7.29. The normalized spacial score (nSPS) is 15.3. The van der Waals surface area contributed by atoms with Crippen molar-refractivity contribution in [2.75, 3.05) is 13.1 Å². The molecule has 1 fully saturated rings. The van der Waals surface area contributed by atoms with Gasteiger partial charge >= 0.3 is 0 Å². The highest BCUT2D eigenvalue weighted by atomic mass is 16.3. The maximum absolute atomic E-state index is 12.8. The quantitative estimate of drug-likeness (QED) is 0.699. The molecule has 1 amide bonds. The number of amides is 1. The van der Waals surface area contributed by atoms with Gasteiger partial charge in [0.15, 0.2) is 0 Å². The topological polar surface area (TPSA) is 51.3 Å². The first-order valence-electron chi connectivity index (χ1n) is 9.53. The van der Waals surface area contributed by atoms with Crippen LogP contribution in [-0.2, 0) is 6.54 Å². The summed E-state index contributed by atoms with van der Waals surface area (Å²) in [4.78, 5) is 19.3. The fourth-order valence-corrected chi connectivity index (χ4v) is 3.95. The SMILES string of the molecule is Cc1cc(C(=O)N2CCC(c3nccn3Cc3ccccc3)CC2)c(C)o1. The van der Waals surface area contributed by atoms with Crippen molar-refractivity contribution in [2.45, 2.75) is 39.2 Å². The summed E-state index contributed by atoms with van der Waals surface area (Å²) in [6.45, 7) is 6.08. The molecule has 0 atom stereocenters. The van der Waals surface area contributed by atoms with Gasteiger partial charge in [0.1, 0.15) is 17.3 Å². The predicted octanol–water partition coefficient (Wildman–Crippen LogP) is 4.16. The average molecular weight is 363 g/mol. The van der Waals surface area contributed by atoms with Crippen LogP contribution in [0.3, 0.4) is 0 Å². The van der Waals surface area contributed by atoms with Crippen molar-refractivity contribution in [3.05, 3.63) is 77.3 Å². The minimum atomic E-state index is 0.0791. The third kappa shape index (κ3) is 3.68. The Labute approximate surface area is 159 Å². The zero-order valence-electron chi connectivity index (χ0n) is 15.9. The Morgan fingerprint density at radius 1 is 1.19 bits per heavy atom. The van der Waals surface area contributed by atoms with Crippen LogP contribution in [0.1, 0.15) is 52.0 Å². The molecule has 0 saturated carbocycles. The van der Waals surface area contributed by atoms with Gasteiger partial charge in [-0.25, -0.2) is 4.98 Å². The van der Waals surface area contributed by atoms with Gasteiger partial charge in [-0.05, 0) is 38.3 Å². The van der Waals surface area contributed by atoms with E-state index in [2.05, 4.69) is 40.0 Å². The van der Waals surface area contributed by atoms with E-state index < -0.39 is 0 Å². The molecule has 0 radical (unpaired) electrons. The van der Waals surface area contributed by atoms with Crippen LogP contribution in [-0.4, -0.2) is 33.4 Å².